The summed E-state index contributed by atoms with van der Waals surface area (Å²) < 4.78 is 1.78. The molecular formula is C18H25I2N7O3P2. The van der Waals surface area contributed by atoms with E-state index in [0.29, 0.717) is 43.9 Å². The largest absolute Gasteiger partial charge is 0.343 e. The number of carbonyl (C=O) groups is 3. The second-order valence-corrected chi connectivity index (χ2v) is 12.5. The molecule has 32 heavy (non-hydrogen) atoms. The van der Waals surface area contributed by atoms with E-state index in [9.17, 15) is 14.4 Å². The first-order chi connectivity index (χ1) is 15.1. The molecule has 0 spiro atoms. The SMILES string of the molecule is CC1CN(C(=O)C(=O)Nc2cnc(NPI)c3cnn(PI)c23)CCN1C(=O)C(C)(C)C. The Hall–Kier alpha value is -0.850. The Kier molecular flexibility index (Phi) is 8.54. The fraction of sp³-hybridized carbons (Fsp3) is 0.500. The molecule has 1 fully saturated rings. The average Bonchev–Trinajstić information content (AvgIpc) is 3.18. The quantitative estimate of drug-likeness (QED) is 0.286. The van der Waals surface area contributed by atoms with Gasteiger partial charge in [0.1, 0.15) is 11.3 Å². The smallest absolute Gasteiger partial charge is 0.314 e. The molecule has 0 saturated carbocycles. The van der Waals surface area contributed by atoms with Crippen LogP contribution in [-0.4, -0.2) is 67.7 Å². The Balaban J connectivity index is 1.75. The van der Waals surface area contributed by atoms with Gasteiger partial charge in [0.2, 0.25) is 5.91 Å². The van der Waals surface area contributed by atoms with Crippen molar-refractivity contribution < 1.29 is 14.4 Å². The van der Waals surface area contributed by atoms with Crippen LogP contribution in [-0.2, 0) is 14.4 Å². The van der Waals surface area contributed by atoms with Crippen molar-refractivity contribution in [1.82, 2.24) is 24.3 Å². The Morgan fingerprint density at radius 3 is 2.50 bits per heavy atom. The van der Waals surface area contributed by atoms with Gasteiger partial charge in [0.05, 0.1) is 29.8 Å². The minimum Gasteiger partial charge on any atom is -0.343 e. The molecule has 0 aromatic carbocycles. The number of halogens is 2. The zero-order chi connectivity index (χ0) is 23.6. The Bertz CT molecular complexity index is 1040. The lowest BCUT2D eigenvalue weighted by Gasteiger charge is -2.42. The third-order valence-electron chi connectivity index (χ3n) is 5.11. The highest BCUT2D eigenvalue weighted by Gasteiger charge is 2.36. The van der Waals surface area contributed by atoms with Gasteiger partial charge in [0.25, 0.3) is 0 Å². The van der Waals surface area contributed by atoms with E-state index < -0.39 is 17.2 Å². The molecule has 1 aliphatic rings. The molecule has 174 valence electrons. The van der Waals surface area contributed by atoms with E-state index in [2.05, 4.69) is 64.6 Å². The number of fused-ring (bicyclic) bond motifs is 1. The van der Waals surface area contributed by atoms with Crippen molar-refractivity contribution in [1.29, 1.82) is 0 Å². The number of aromatic nitrogens is 3. The Morgan fingerprint density at radius 2 is 1.91 bits per heavy atom. The molecule has 2 aromatic heterocycles. The summed E-state index contributed by atoms with van der Waals surface area (Å²) in [6.07, 6.45) is 4.01. The lowest BCUT2D eigenvalue weighted by Crippen LogP contribution is -2.58. The van der Waals surface area contributed by atoms with Crippen molar-refractivity contribution in [3.05, 3.63) is 12.4 Å². The van der Waals surface area contributed by atoms with Crippen molar-refractivity contribution in [3.8, 4) is 0 Å². The molecule has 0 bridgehead atoms. The number of nitrogens with one attached hydrogen (secondary N) is 2. The number of carbonyl (C=O) groups excluding carboxylic acids is 3. The molecule has 3 rings (SSSR count). The molecule has 0 radical (unpaired) electrons. The predicted octanol–water partition coefficient (Wildman–Crippen LogP) is 3.62. The highest BCUT2D eigenvalue weighted by molar-refractivity contribution is 14.2. The molecule has 3 heterocycles. The van der Waals surface area contributed by atoms with E-state index in [1.807, 2.05) is 27.7 Å². The second-order valence-electron chi connectivity index (χ2n) is 8.45. The first-order valence-electron chi connectivity index (χ1n) is 9.84. The molecule has 2 aromatic rings. The van der Waals surface area contributed by atoms with Gasteiger partial charge in [0.15, 0.2) is 0 Å². The highest BCUT2D eigenvalue weighted by atomic mass is 127. The van der Waals surface area contributed by atoms with E-state index in [0.717, 1.165) is 10.9 Å². The lowest BCUT2D eigenvalue weighted by atomic mass is 9.93. The van der Waals surface area contributed by atoms with Crippen LogP contribution in [0.1, 0.15) is 27.7 Å². The van der Waals surface area contributed by atoms with Gasteiger partial charge in [-0.25, -0.2) is 9.44 Å². The zero-order valence-electron chi connectivity index (χ0n) is 18.1. The van der Waals surface area contributed by atoms with Gasteiger partial charge < -0.3 is 20.2 Å². The molecule has 3 unspecified atom stereocenters. The zero-order valence-corrected chi connectivity index (χ0v) is 24.4. The van der Waals surface area contributed by atoms with Crippen molar-refractivity contribution in [2.45, 2.75) is 33.7 Å². The molecule has 2 N–H and O–H groups in total. The Labute approximate surface area is 216 Å². The minimum atomic E-state index is -0.725. The summed E-state index contributed by atoms with van der Waals surface area (Å²) in [5, 5.41) is 11.1. The van der Waals surface area contributed by atoms with Crippen molar-refractivity contribution in [2.75, 3.05) is 30.0 Å². The monoisotopic (exact) mass is 703 g/mol. The fourth-order valence-electron chi connectivity index (χ4n) is 3.53. The number of amides is 3. The van der Waals surface area contributed by atoms with Gasteiger partial charge in [0, 0.05) is 37.5 Å². The van der Waals surface area contributed by atoms with Crippen LogP contribution < -0.4 is 10.4 Å². The maximum atomic E-state index is 12.9. The summed E-state index contributed by atoms with van der Waals surface area (Å²) in [5.74, 6) is -0.612. The number of hydrogen-bond acceptors (Lipinski definition) is 6. The number of pyridine rings is 1. The number of piperazine rings is 1. The van der Waals surface area contributed by atoms with Crippen molar-refractivity contribution in [2.24, 2.45) is 5.41 Å². The van der Waals surface area contributed by atoms with Crippen LogP contribution in [0.15, 0.2) is 12.4 Å². The molecule has 1 saturated heterocycles. The highest BCUT2D eigenvalue weighted by Crippen LogP contribution is 2.37. The van der Waals surface area contributed by atoms with Crippen LogP contribution in [0, 0.1) is 5.41 Å². The second kappa shape index (κ2) is 10.6. The summed E-state index contributed by atoms with van der Waals surface area (Å²) in [6.45, 7) is 8.57. The van der Waals surface area contributed by atoms with Crippen LogP contribution >= 0.6 is 56.8 Å². The Morgan fingerprint density at radius 1 is 1.19 bits per heavy atom. The van der Waals surface area contributed by atoms with E-state index in [4.69, 9.17) is 0 Å². The standard InChI is InChI=1S/C18H25I2N7O3P2/c1-10-9-25(5-6-26(10)17(30)18(2,3)4)16(29)15(28)23-12-8-21-14(24-31-19)11-7-22-27(32-20)13(11)12/h7-8,10,31-32H,5-6,9H2,1-4H3,(H,21,24)(H,23,28). The maximum absolute atomic E-state index is 12.9. The molecule has 0 aliphatic carbocycles. The minimum absolute atomic E-state index is 0.0451. The van der Waals surface area contributed by atoms with Crippen molar-refractivity contribution in [3.63, 3.8) is 0 Å². The summed E-state index contributed by atoms with van der Waals surface area (Å²) in [6, 6.07) is -0.165. The maximum Gasteiger partial charge on any atom is 0.314 e. The summed E-state index contributed by atoms with van der Waals surface area (Å²) in [5.41, 5.74) is 0.675. The van der Waals surface area contributed by atoms with Gasteiger partial charge in [-0.05, 0) is 51.0 Å². The van der Waals surface area contributed by atoms with Crippen LogP contribution in [0.25, 0.3) is 10.9 Å². The topological polar surface area (TPSA) is 112 Å². The van der Waals surface area contributed by atoms with Crippen molar-refractivity contribution >= 4 is 97.0 Å². The van der Waals surface area contributed by atoms with Gasteiger partial charge >= 0.3 is 11.8 Å². The normalized spacial score (nSPS) is 17.6. The van der Waals surface area contributed by atoms with E-state index in [1.165, 1.54) is 4.90 Å². The van der Waals surface area contributed by atoms with E-state index in [1.54, 1.807) is 21.7 Å². The molecule has 14 heteroatoms. The van der Waals surface area contributed by atoms with Gasteiger partial charge in [-0.3, -0.25) is 14.4 Å². The molecule has 1 aliphatic heterocycles. The average molecular weight is 703 g/mol. The van der Waals surface area contributed by atoms with Crippen LogP contribution in [0.2, 0.25) is 0 Å². The van der Waals surface area contributed by atoms with Gasteiger partial charge in [-0.15, -0.1) is 0 Å². The van der Waals surface area contributed by atoms with Crippen LogP contribution in [0.5, 0.6) is 0 Å². The molecule has 10 nitrogen and oxygen atoms in total. The lowest BCUT2D eigenvalue weighted by molar-refractivity contribution is -0.150. The third-order valence-corrected chi connectivity index (χ3v) is 8.12. The first kappa shape index (κ1) is 25.8. The number of anilines is 2. The molecular weight excluding hydrogens is 678 g/mol. The number of nitrogens with zero attached hydrogens (tertiary/aromatic N) is 5. The number of hydrogen-bond donors (Lipinski definition) is 2. The van der Waals surface area contributed by atoms with Gasteiger partial charge in [-0.2, -0.15) is 5.10 Å². The molecule has 3 atom stereocenters. The summed E-state index contributed by atoms with van der Waals surface area (Å²) in [7, 11) is 0. The van der Waals surface area contributed by atoms with Crippen LogP contribution in [0.4, 0.5) is 11.5 Å². The van der Waals surface area contributed by atoms with E-state index >= 15 is 0 Å². The number of rotatable bonds is 4. The van der Waals surface area contributed by atoms with Crippen LogP contribution in [0.3, 0.4) is 0 Å². The van der Waals surface area contributed by atoms with Gasteiger partial charge in [-0.1, -0.05) is 20.8 Å². The summed E-state index contributed by atoms with van der Waals surface area (Å²) >= 11 is 4.43. The fourth-order valence-corrected chi connectivity index (χ4v) is 6.11. The molecule has 3 amide bonds. The summed E-state index contributed by atoms with van der Waals surface area (Å²) in [4.78, 5) is 46.0. The first-order valence-corrected chi connectivity index (χ1v) is 18.0. The van der Waals surface area contributed by atoms with E-state index in [-0.39, 0.29) is 11.9 Å². The predicted molar refractivity (Wildman–Crippen MR) is 147 cm³/mol. The third kappa shape index (κ3) is 5.44.